The fraction of sp³-hybridized carbons (Fsp3) is 0.933. The molecule has 0 aromatic heterocycles. The molecule has 0 aromatic rings. The largest absolute Gasteiger partial charge is 0.462 e. The van der Waals surface area contributed by atoms with Gasteiger partial charge in [0, 0.05) is 32.0 Å². The second kappa shape index (κ2) is 23.3. The predicted octanol–water partition coefficient (Wildman–Crippen LogP) is 4.67. The number of hydrogen-bond acceptors (Lipinski definition) is 9. The highest BCUT2D eigenvalue weighted by atomic mass is 19.1. The van der Waals surface area contributed by atoms with Crippen LogP contribution in [0.15, 0.2) is 5.16 Å². The Hall–Kier alpha value is -1.33. The van der Waals surface area contributed by atoms with Gasteiger partial charge in [0.1, 0.15) is 18.8 Å². The molecule has 0 radical (unpaired) electrons. The van der Waals surface area contributed by atoms with Gasteiger partial charge in [0.25, 0.3) is 0 Å². The second-order valence-corrected chi connectivity index (χ2v) is 11.0. The zero-order chi connectivity index (χ0) is 31.3. The molecule has 0 bridgehead atoms. The average Bonchev–Trinajstić information content (AvgIpc) is 2.92. The Morgan fingerprint density at radius 1 is 1.02 bits per heavy atom. The Morgan fingerprint density at radius 2 is 1.65 bits per heavy atom. The number of oxime groups is 1. The van der Waals surface area contributed by atoms with E-state index in [0.29, 0.717) is 37.5 Å². The standard InChI is InChI=1S/C20H36FNO6.C7H14O.C2H6.CH4O/c1-13-7-5-8-16(23)11-14(2)17(22-28-10-6-9-21)15(3)18(24)20(4,26)12-27-19(13)25;1-6-3-4-8-7(2)5-6;2*1-2/h13-16,18,23-24,26H,5-12H2,1-4H3;6-7H,3-5H2,1-2H3;1-2H3;2H,1H3/b22-17+;;;/t13?,14-,15?,16?,18?,20-;;;/m1.../s1. The highest BCUT2D eigenvalue weighted by molar-refractivity contribution is 5.88. The summed E-state index contributed by atoms with van der Waals surface area (Å²) in [7, 11) is 1.00. The van der Waals surface area contributed by atoms with Crippen LogP contribution in [-0.2, 0) is 19.1 Å². The van der Waals surface area contributed by atoms with Crippen molar-refractivity contribution >= 4 is 11.7 Å². The minimum Gasteiger partial charge on any atom is -0.462 e. The predicted molar refractivity (Wildman–Crippen MR) is 157 cm³/mol. The molecule has 2 rings (SSSR count). The fourth-order valence-corrected chi connectivity index (χ4v) is 4.65. The SMILES string of the molecule is CC.CC1CCCC(O)C[C@@H](C)/C(=N\OCCCF)C(C)C(O)[C@](C)(O)COC1=O.CC1CCOC(C)C1.CO. The van der Waals surface area contributed by atoms with Crippen LogP contribution in [0, 0.1) is 23.7 Å². The van der Waals surface area contributed by atoms with Gasteiger partial charge in [-0.3, -0.25) is 9.18 Å². The zero-order valence-electron chi connectivity index (χ0n) is 26.6. The maximum atomic E-state index is 12.3. The van der Waals surface area contributed by atoms with Gasteiger partial charge in [-0.2, -0.15) is 0 Å². The summed E-state index contributed by atoms with van der Waals surface area (Å²) in [5, 5.41) is 42.8. The fourth-order valence-electron chi connectivity index (χ4n) is 4.65. The number of aliphatic hydroxyl groups excluding tert-OH is 3. The summed E-state index contributed by atoms with van der Waals surface area (Å²) in [6.07, 6.45) is 3.52. The normalized spacial score (nSPS) is 34.8. The molecule has 0 aromatic carbocycles. The van der Waals surface area contributed by atoms with Gasteiger partial charge in [-0.05, 0) is 51.9 Å². The van der Waals surface area contributed by atoms with Crippen molar-refractivity contribution in [3.05, 3.63) is 0 Å². The molecule has 0 aliphatic carbocycles. The van der Waals surface area contributed by atoms with E-state index in [1.165, 1.54) is 19.8 Å². The number of esters is 1. The van der Waals surface area contributed by atoms with E-state index < -0.39 is 36.4 Å². The minimum atomic E-state index is -1.68. The van der Waals surface area contributed by atoms with Crippen LogP contribution in [0.1, 0.15) is 100 Å². The average molecular weight is 582 g/mol. The Bertz CT molecular complexity index is 656. The van der Waals surface area contributed by atoms with E-state index in [1.807, 2.05) is 20.8 Å². The lowest BCUT2D eigenvalue weighted by molar-refractivity contribution is -0.164. The van der Waals surface area contributed by atoms with Crippen LogP contribution in [0.4, 0.5) is 4.39 Å². The third-order valence-electron chi connectivity index (χ3n) is 7.08. The van der Waals surface area contributed by atoms with Crippen LogP contribution in [-0.4, -0.2) is 89.6 Å². The van der Waals surface area contributed by atoms with Crippen LogP contribution in [0.25, 0.3) is 0 Å². The third-order valence-corrected chi connectivity index (χ3v) is 7.08. The lowest BCUT2D eigenvalue weighted by Gasteiger charge is -2.35. The molecule has 2 aliphatic heterocycles. The van der Waals surface area contributed by atoms with Crippen molar-refractivity contribution < 1.29 is 43.9 Å². The number of aliphatic hydroxyl groups is 4. The molecule has 0 spiro atoms. The number of cyclic esters (lactones) is 1. The van der Waals surface area contributed by atoms with Gasteiger partial charge in [0.05, 0.1) is 36.6 Å². The van der Waals surface area contributed by atoms with Crippen LogP contribution in [0.5, 0.6) is 0 Å². The molecular weight excluding hydrogens is 521 g/mol. The molecule has 8 atom stereocenters. The van der Waals surface area contributed by atoms with Gasteiger partial charge in [-0.1, -0.05) is 53.1 Å². The van der Waals surface area contributed by atoms with E-state index in [2.05, 4.69) is 19.0 Å². The number of hydrogen-bond donors (Lipinski definition) is 4. The van der Waals surface area contributed by atoms with E-state index in [0.717, 1.165) is 19.6 Å². The van der Waals surface area contributed by atoms with Gasteiger partial charge in [0.2, 0.25) is 0 Å². The first-order chi connectivity index (χ1) is 18.9. The monoisotopic (exact) mass is 581 g/mol. The highest BCUT2D eigenvalue weighted by Gasteiger charge is 2.40. The number of nitrogens with zero attached hydrogens (tertiary/aromatic N) is 1. The molecule has 0 saturated carbocycles. The number of carbonyl (C=O) groups is 1. The topological polar surface area (TPSA) is 138 Å². The minimum absolute atomic E-state index is 0.101. The van der Waals surface area contributed by atoms with Gasteiger partial charge in [0.15, 0.2) is 0 Å². The molecule has 9 nitrogen and oxygen atoms in total. The lowest BCUT2D eigenvalue weighted by atomic mass is 9.81. The van der Waals surface area contributed by atoms with Crippen molar-refractivity contribution in [2.75, 3.05) is 33.6 Å². The smallest absolute Gasteiger partial charge is 0.308 e. The number of rotatable bonds is 4. The van der Waals surface area contributed by atoms with Crippen molar-refractivity contribution in [3.8, 4) is 0 Å². The zero-order valence-corrected chi connectivity index (χ0v) is 26.6. The van der Waals surface area contributed by atoms with Crippen LogP contribution < -0.4 is 0 Å². The van der Waals surface area contributed by atoms with Gasteiger partial charge >= 0.3 is 5.97 Å². The Labute approximate surface area is 242 Å². The molecule has 2 heterocycles. The number of carbonyl (C=O) groups excluding carboxylic acids is 1. The van der Waals surface area contributed by atoms with E-state index >= 15 is 0 Å². The molecule has 240 valence electrons. The van der Waals surface area contributed by atoms with Crippen LogP contribution in [0.2, 0.25) is 0 Å². The molecule has 2 saturated heterocycles. The molecule has 0 amide bonds. The Kier molecular flexibility index (Phi) is 23.7. The van der Waals surface area contributed by atoms with E-state index in [9.17, 15) is 24.5 Å². The maximum absolute atomic E-state index is 12.3. The first kappa shape index (κ1) is 40.8. The molecular formula is C30H60FNO8. The highest BCUT2D eigenvalue weighted by Crippen LogP contribution is 2.27. The summed E-state index contributed by atoms with van der Waals surface area (Å²) < 4.78 is 22.8. The second-order valence-electron chi connectivity index (χ2n) is 11.0. The molecule has 6 unspecified atom stereocenters. The summed E-state index contributed by atoms with van der Waals surface area (Å²) in [6.45, 7) is 15.4. The summed E-state index contributed by atoms with van der Waals surface area (Å²) in [6, 6.07) is 0. The summed E-state index contributed by atoms with van der Waals surface area (Å²) >= 11 is 0. The molecule has 40 heavy (non-hydrogen) atoms. The molecule has 4 N–H and O–H groups in total. The molecule has 2 fully saturated rings. The first-order valence-corrected chi connectivity index (χ1v) is 15.0. The van der Waals surface area contributed by atoms with Crippen molar-refractivity contribution in [2.45, 2.75) is 124 Å². The van der Waals surface area contributed by atoms with Gasteiger partial charge in [-0.25, -0.2) is 0 Å². The van der Waals surface area contributed by atoms with Crippen molar-refractivity contribution in [2.24, 2.45) is 28.8 Å². The van der Waals surface area contributed by atoms with Crippen LogP contribution in [0.3, 0.4) is 0 Å². The summed E-state index contributed by atoms with van der Waals surface area (Å²) in [5.74, 6) is -0.744. The molecule has 10 heteroatoms. The third kappa shape index (κ3) is 16.8. The van der Waals surface area contributed by atoms with Crippen LogP contribution >= 0.6 is 0 Å². The van der Waals surface area contributed by atoms with E-state index in [-0.39, 0.29) is 31.5 Å². The van der Waals surface area contributed by atoms with Crippen molar-refractivity contribution in [1.29, 1.82) is 0 Å². The maximum Gasteiger partial charge on any atom is 0.308 e. The Morgan fingerprint density at radius 3 is 2.17 bits per heavy atom. The number of alkyl halides is 1. The van der Waals surface area contributed by atoms with Gasteiger partial charge in [-0.15, -0.1) is 0 Å². The summed E-state index contributed by atoms with van der Waals surface area (Å²) in [4.78, 5) is 17.3. The summed E-state index contributed by atoms with van der Waals surface area (Å²) in [5.41, 5.74) is -1.21. The van der Waals surface area contributed by atoms with Gasteiger partial charge < -0.3 is 34.7 Å². The number of halogens is 1. The van der Waals surface area contributed by atoms with Crippen molar-refractivity contribution in [3.63, 3.8) is 0 Å². The first-order valence-electron chi connectivity index (χ1n) is 15.0. The van der Waals surface area contributed by atoms with E-state index in [1.54, 1.807) is 13.8 Å². The lowest BCUT2D eigenvalue weighted by Crippen LogP contribution is -2.50. The molecule has 2 aliphatic rings. The Balaban J connectivity index is 0. The van der Waals surface area contributed by atoms with Crippen molar-refractivity contribution in [1.82, 2.24) is 0 Å². The quantitative estimate of drug-likeness (QED) is 0.213. The number of ether oxygens (including phenoxy) is 2. The van der Waals surface area contributed by atoms with E-state index in [4.69, 9.17) is 19.4 Å².